The molecule has 0 heterocycles. The minimum Gasteiger partial charge on any atom is -0.545 e. The Balaban J connectivity index is -0.0000000625. The Bertz CT molecular complexity index is 180. The Morgan fingerprint density at radius 3 is 1.21 bits per heavy atom. The second-order valence-corrected chi connectivity index (χ2v) is 2.08. The molecule has 14 heavy (non-hydrogen) atoms. The molecule has 1 atom stereocenters. The zero-order valence-corrected chi connectivity index (χ0v) is 9.53. The van der Waals surface area contributed by atoms with Gasteiger partial charge in [0.25, 0.3) is 0 Å². The average molecular weight is 253 g/mol. The molecule has 0 amide bonds. The van der Waals surface area contributed by atoms with Crippen LogP contribution in [0.1, 0.15) is 0 Å². The van der Waals surface area contributed by atoms with E-state index in [1.807, 2.05) is 30.3 Å². The van der Waals surface area contributed by atoms with Crippen LogP contribution in [0.25, 0.3) is 0 Å². The van der Waals surface area contributed by atoms with Crippen molar-refractivity contribution in [3.05, 3.63) is 30.3 Å². The fraction of sp³-hybridized carbons (Fsp3) is 0. The van der Waals surface area contributed by atoms with Crippen LogP contribution in [0.2, 0.25) is 0 Å². The normalized spacial score (nSPS) is 5.21. The van der Waals surface area contributed by atoms with E-state index < -0.39 is 0 Å². The Morgan fingerprint density at radius 2 is 1.07 bits per heavy atom. The first-order valence-electron chi connectivity index (χ1n) is 2.91. The van der Waals surface area contributed by atoms with Gasteiger partial charge in [0, 0.05) is 0 Å². The van der Waals surface area contributed by atoms with Crippen molar-refractivity contribution in [1.29, 1.82) is 0 Å². The second-order valence-electron chi connectivity index (χ2n) is 1.41. The smallest absolute Gasteiger partial charge is 0.545 e. The zero-order valence-electron chi connectivity index (χ0n) is 7.27. The maximum absolute atomic E-state index is 7.75. The minimum absolute atomic E-state index is 0. The second kappa shape index (κ2) is 29.5. The Labute approximate surface area is 97.0 Å². The van der Waals surface area contributed by atoms with Crippen molar-refractivity contribution in [1.82, 2.24) is 0 Å². The molecule has 0 N–H and O–H groups in total. The van der Waals surface area contributed by atoms with Crippen LogP contribution >= 0.6 is 9.24 Å². The summed E-state index contributed by atoms with van der Waals surface area (Å²) in [7, 11) is 2.63. The van der Waals surface area contributed by atoms with Gasteiger partial charge in [-0.05, 0) is 5.30 Å². The topological polar surface area (TPSA) is 51.2 Å². The summed E-state index contributed by atoms with van der Waals surface area (Å²) in [5.41, 5.74) is 0. The number of benzene rings is 1. The third-order valence-electron chi connectivity index (χ3n) is 0.800. The first-order chi connectivity index (χ1) is 6.39. The summed E-state index contributed by atoms with van der Waals surface area (Å²) < 4.78 is 0. The third kappa shape index (κ3) is 22.5. The van der Waals surface area contributed by atoms with Gasteiger partial charge in [0.1, 0.15) is 0 Å². The molecule has 0 bridgehead atoms. The fourth-order valence-electron chi connectivity index (χ4n) is 0.453. The van der Waals surface area contributed by atoms with Gasteiger partial charge >= 0.3 is 17.1 Å². The molecule has 77 valence electrons. The molecule has 3 nitrogen and oxygen atoms in total. The number of hydrogen-bond donors (Lipinski definition) is 0. The van der Waals surface area contributed by atoms with E-state index in [2.05, 4.69) is 29.6 Å². The van der Waals surface area contributed by atoms with Gasteiger partial charge in [-0.2, -0.15) is 0 Å². The molecule has 5 heteroatoms. The Kier molecular flexibility index (Phi) is 48.9. The first kappa shape index (κ1) is 23.2. The molecule has 0 fully saturated rings. The predicted octanol–water partition coefficient (Wildman–Crippen LogP) is 0.362. The summed E-state index contributed by atoms with van der Waals surface area (Å²) >= 11 is 0. The predicted molar refractivity (Wildman–Crippen MR) is 56.0 cm³/mol. The van der Waals surface area contributed by atoms with Crippen molar-refractivity contribution in [2.24, 2.45) is 0 Å². The molecule has 0 aliphatic carbocycles. The van der Waals surface area contributed by atoms with Crippen LogP contribution in [0.3, 0.4) is 0 Å². The van der Waals surface area contributed by atoms with E-state index in [0.29, 0.717) is 0 Å². The Morgan fingerprint density at radius 1 is 0.786 bits per heavy atom. The van der Waals surface area contributed by atoms with Gasteiger partial charge in [0.15, 0.2) is 0 Å². The van der Waals surface area contributed by atoms with E-state index >= 15 is 0 Å². The molecule has 1 rings (SSSR count). The van der Waals surface area contributed by atoms with Gasteiger partial charge in [-0.1, -0.05) is 30.3 Å². The van der Waals surface area contributed by atoms with Crippen molar-refractivity contribution in [2.45, 2.75) is 0 Å². The van der Waals surface area contributed by atoms with E-state index in [9.17, 15) is 0 Å². The maximum atomic E-state index is 7.75. The van der Waals surface area contributed by atoms with Crippen LogP contribution in [0.4, 0.5) is 0 Å². The van der Waals surface area contributed by atoms with Crippen molar-refractivity contribution in [2.75, 3.05) is 0 Å². The van der Waals surface area contributed by atoms with Crippen molar-refractivity contribution >= 4 is 34.9 Å². The van der Waals surface area contributed by atoms with Crippen LogP contribution in [0.15, 0.2) is 30.3 Å². The monoisotopic (exact) mass is 253 g/mol. The van der Waals surface area contributed by atoms with Crippen LogP contribution in [0.5, 0.6) is 0 Å². The van der Waals surface area contributed by atoms with Crippen LogP contribution in [-0.4, -0.2) is 20.4 Å². The Hall–Kier alpha value is -0.821. The fourth-order valence-corrected chi connectivity index (χ4v) is 0.675. The average Bonchev–Trinajstić information content (AvgIpc) is 2.28. The molecule has 1 radical (unpaired) electrons. The number of carbonyl (C=O) groups excluding carboxylic acids is 3. The molecule has 1 aromatic rings. The van der Waals surface area contributed by atoms with Crippen molar-refractivity contribution < 1.29 is 31.5 Å². The largest absolute Gasteiger partial charge is 3.00 e. The van der Waals surface area contributed by atoms with E-state index in [1.165, 1.54) is 5.30 Å². The third-order valence-corrected chi connectivity index (χ3v) is 1.18. The van der Waals surface area contributed by atoms with Gasteiger partial charge in [0.2, 0.25) is 0 Å². The summed E-state index contributed by atoms with van der Waals surface area (Å²) in [5.74, 6) is 0. The molecular formula is C9H10FeO3P. The van der Waals surface area contributed by atoms with Crippen LogP contribution in [0, 0.1) is 0 Å². The first-order valence-corrected chi connectivity index (χ1v) is 3.48. The standard InChI is InChI=1S/C6H7P.3CHO.Fe/c7-6-4-2-1-3-5-6;3*1-2;/h1-5H,7H2;3*1H;/q;3*-1;+3. The molecule has 0 spiro atoms. The molecule has 0 saturated carbocycles. The minimum atomic E-state index is 0. The summed E-state index contributed by atoms with van der Waals surface area (Å²) in [6.07, 6.45) is 0. The molecule has 1 unspecified atom stereocenters. The number of hydrogen-bond acceptors (Lipinski definition) is 3. The van der Waals surface area contributed by atoms with E-state index in [4.69, 9.17) is 14.4 Å². The molecular weight excluding hydrogens is 243 g/mol. The van der Waals surface area contributed by atoms with Gasteiger partial charge in [-0.3, -0.25) is 20.4 Å². The maximum Gasteiger partial charge on any atom is 3.00 e. The van der Waals surface area contributed by atoms with Gasteiger partial charge < -0.3 is 14.4 Å². The van der Waals surface area contributed by atoms with Crippen molar-refractivity contribution in [3.63, 3.8) is 0 Å². The van der Waals surface area contributed by atoms with Gasteiger partial charge in [-0.15, -0.1) is 9.24 Å². The summed E-state index contributed by atoms with van der Waals surface area (Å²) in [4.78, 5) is 23.2. The molecule has 0 saturated heterocycles. The van der Waals surface area contributed by atoms with Gasteiger partial charge in [0.05, 0.1) is 0 Å². The van der Waals surface area contributed by atoms with Crippen molar-refractivity contribution in [3.8, 4) is 0 Å². The summed E-state index contributed by atoms with van der Waals surface area (Å²) in [5, 5.41) is 1.24. The molecule has 0 aliphatic rings. The van der Waals surface area contributed by atoms with Gasteiger partial charge in [-0.25, -0.2) is 0 Å². The summed E-state index contributed by atoms with van der Waals surface area (Å²) in [6.45, 7) is 9.75. The van der Waals surface area contributed by atoms with Crippen LogP contribution in [-0.2, 0) is 31.5 Å². The zero-order chi connectivity index (χ0) is 11.1. The van der Waals surface area contributed by atoms with Crippen LogP contribution < -0.4 is 5.30 Å². The SMILES string of the molecule is Pc1ccccc1.[CH-]=O.[CH-]=O.[CH-]=O.[Fe+3]. The molecule has 0 aromatic heterocycles. The quantitative estimate of drug-likeness (QED) is 0.290. The molecule has 1 aromatic carbocycles. The summed E-state index contributed by atoms with van der Waals surface area (Å²) in [6, 6.07) is 10.1. The van der Waals surface area contributed by atoms with E-state index in [1.54, 1.807) is 0 Å². The van der Waals surface area contributed by atoms with E-state index in [0.717, 1.165) is 0 Å². The van der Waals surface area contributed by atoms with E-state index in [-0.39, 0.29) is 17.1 Å². The molecule has 0 aliphatic heterocycles. The number of rotatable bonds is 0.